The Hall–Kier alpha value is -2.93. The van der Waals surface area contributed by atoms with Gasteiger partial charge in [0.1, 0.15) is 18.4 Å². The van der Waals surface area contributed by atoms with E-state index in [1.54, 1.807) is 10.4 Å². The van der Waals surface area contributed by atoms with Crippen LogP contribution in [0, 0.1) is 19.8 Å². The number of hydroxylamine groups is 1. The largest absolute Gasteiger partial charge is 0.489 e. The van der Waals surface area contributed by atoms with E-state index in [-0.39, 0.29) is 11.8 Å². The highest BCUT2D eigenvalue weighted by molar-refractivity contribution is 5.94. The Balaban J connectivity index is 1.72. The fraction of sp³-hybridized carbons (Fsp3) is 0.480. The van der Waals surface area contributed by atoms with Crippen molar-refractivity contribution >= 4 is 11.8 Å². The highest BCUT2D eigenvalue weighted by Crippen LogP contribution is 2.38. The van der Waals surface area contributed by atoms with Crippen molar-refractivity contribution in [2.45, 2.75) is 65.5 Å². The normalized spacial score (nSPS) is 19.3. The van der Waals surface area contributed by atoms with Crippen LogP contribution in [0.15, 0.2) is 36.4 Å². The summed E-state index contributed by atoms with van der Waals surface area (Å²) < 4.78 is 5.92. The smallest absolute Gasteiger partial charge is 0.266 e. The average molecular weight is 440 g/mol. The van der Waals surface area contributed by atoms with Crippen LogP contribution >= 0.6 is 0 Å². The standard InChI is InChI=1S/C25H33N3O4/c1-16(2)12-22(23(29)27-31)28-11-10-25(5,24(28)30)20-6-8-21(9-7-20)32-15-19-13-17(3)26-18(4)14-19/h6-9,13-14,16,22,31H,10-12,15H2,1-5H3,(H,27,29). The predicted octanol–water partition coefficient (Wildman–Crippen LogP) is 3.69. The second-order valence-electron chi connectivity index (χ2n) is 9.27. The number of nitrogens with zero attached hydrogens (tertiary/aromatic N) is 2. The molecule has 1 fully saturated rings. The molecular formula is C25H33N3O4. The van der Waals surface area contributed by atoms with Gasteiger partial charge in [-0.2, -0.15) is 0 Å². The number of hydrogen-bond acceptors (Lipinski definition) is 5. The summed E-state index contributed by atoms with van der Waals surface area (Å²) in [6.45, 7) is 10.7. The molecule has 2 unspecified atom stereocenters. The molecule has 0 bridgehead atoms. The second-order valence-corrected chi connectivity index (χ2v) is 9.27. The Labute approximate surface area is 189 Å². The van der Waals surface area contributed by atoms with Gasteiger partial charge in [0.25, 0.3) is 5.91 Å². The van der Waals surface area contributed by atoms with Gasteiger partial charge in [-0.1, -0.05) is 26.0 Å². The summed E-state index contributed by atoms with van der Waals surface area (Å²) in [6.07, 6.45) is 1.10. The number of likely N-dealkylation sites (tertiary alicyclic amines) is 1. The van der Waals surface area contributed by atoms with Crippen LogP contribution in [0.1, 0.15) is 56.1 Å². The van der Waals surface area contributed by atoms with Gasteiger partial charge < -0.3 is 9.64 Å². The molecule has 2 N–H and O–H groups in total. The van der Waals surface area contributed by atoms with Gasteiger partial charge in [0.05, 0.1) is 5.41 Å². The molecule has 2 aromatic rings. The first-order valence-electron chi connectivity index (χ1n) is 11.1. The van der Waals surface area contributed by atoms with E-state index in [0.717, 1.165) is 28.3 Å². The predicted molar refractivity (Wildman–Crippen MR) is 121 cm³/mol. The molecule has 1 saturated heterocycles. The number of hydrogen-bond donors (Lipinski definition) is 2. The van der Waals surface area contributed by atoms with Gasteiger partial charge >= 0.3 is 0 Å². The van der Waals surface area contributed by atoms with E-state index in [4.69, 9.17) is 9.94 Å². The van der Waals surface area contributed by atoms with Crippen LogP contribution < -0.4 is 10.2 Å². The topological polar surface area (TPSA) is 91.8 Å². The molecule has 2 atom stereocenters. The number of carbonyl (C=O) groups is 2. The second kappa shape index (κ2) is 9.69. The zero-order chi connectivity index (χ0) is 23.5. The first-order chi connectivity index (χ1) is 15.1. The third-order valence-electron chi connectivity index (χ3n) is 6.11. The first kappa shape index (κ1) is 23.7. The Morgan fingerprint density at radius 1 is 1.22 bits per heavy atom. The van der Waals surface area contributed by atoms with Crippen LogP contribution in [0.5, 0.6) is 5.75 Å². The number of pyridine rings is 1. The molecule has 1 aliphatic rings. The number of aryl methyl sites for hydroxylation is 2. The molecule has 0 radical (unpaired) electrons. The minimum absolute atomic E-state index is 0.0943. The fourth-order valence-electron chi connectivity index (χ4n) is 4.42. The van der Waals surface area contributed by atoms with E-state index in [2.05, 4.69) is 4.98 Å². The quantitative estimate of drug-likeness (QED) is 0.484. The molecule has 172 valence electrons. The highest BCUT2D eigenvalue weighted by atomic mass is 16.5. The summed E-state index contributed by atoms with van der Waals surface area (Å²) in [5.41, 5.74) is 4.87. The van der Waals surface area contributed by atoms with Gasteiger partial charge in [-0.3, -0.25) is 19.8 Å². The zero-order valence-electron chi connectivity index (χ0n) is 19.5. The lowest BCUT2D eigenvalue weighted by Gasteiger charge is -2.30. The van der Waals surface area contributed by atoms with E-state index in [0.29, 0.717) is 26.0 Å². The van der Waals surface area contributed by atoms with Gasteiger partial charge in [-0.05, 0) is 74.9 Å². The van der Waals surface area contributed by atoms with Crippen molar-refractivity contribution in [1.82, 2.24) is 15.4 Å². The molecule has 1 aliphatic heterocycles. The average Bonchev–Trinajstić information content (AvgIpc) is 3.05. The van der Waals surface area contributed by atoms with Crippen molar-refractivity contribution in [2.75, 3.05) is 6.54 Å². The lowest BCUT2D eigenvalue weighted by Crippen LogP contribution is -2.49. The van der Waals surface area contributed by atoms with Crippen LogP contribution in [0.3, 0.4) is 0 Å². The van der Waals surface area contributed by atoms with Crippen LogP contribution in [0.25, 0.3) is 0 Å². The van der Waals surface area contributed by atoms with Gasteiger partial charge in [0, 0.05) is 17.9 Å². The van der Waals surface area contributed by atoms with E-state index in [1.807, 2.05) is 71.0 Å². The molecule has 2 amide bonds. The maximum atomic E-state index is 13.4. The fourth-order valence-corrected chi connectivity index (χ4v) is 4.42. The molecule has 0 saturated carbocycles. The molecule has 32 heavy (non-hydrogen) atoms. The monoisotopic (exact) mass is 439 g/mol. The van der Waals surface area contributed by atoms with Crippen molar-refractivity contribution in [3.8, 4) is 5.75 Å². The SMILES string of the molecule is Cc1cc(COc2ccc(C3(C)CCN(C(CC(C)C)C(=O)NO)C3=O)cc2)cc(C)n1. The van der Waals surface area contributed by atoms with Crippen molar-refractivity contribution in [3.05, 3.63) is 58.9 Å². The summed E-state index contributed by atoms with van der Waals surface area (Å²) in [7, 11) is 0. The van der Waals surface area contributed by atoms with Gasteiger partial charge in [0.2, 0.25) is 5.91 Å². The number of nitrogens with one attached hydrogen (secondary N) is 1. The minimum atomic E-state index is -0.719. The van der Waals surface area contributed by atoms with E-state index in [9.17, 15) is 9.59 Å². The molecule has 7 heteroatoms. The molecule has 0 aliphatic carbocycles. The Bertz CT molecular complexity index is 953. The van der Waals surface area contributed by atoms with Crippen LogP contribution in [0.2, 0.25) is 0 Å². The van der Waals surface area contributed by atoms with Crippen molar-refractivity contribution in [2.24, 2.45) is 5.92 Å². The molecular weight excluding hydrogens is 406 g/mol. The number of rotatable bonds is 8. The third-order valence-corrected chi connectivity index (χ3v) is 6.11. The summed E-state index contributed by atoms with van der Waals surface area (Å²) in [5.74, 6) is 0.301. The lowest BCUT2D eigenvalue weighted by molar-refractivity contribution is -0.144. The van der Waals surface area contributed by atoms with Crippen molar-refractivity contribution in [3.63, 3.8) is 0 Å². The molecule has 7 nitrogen and oxygen atoms in total. The molecule has 2 heterocycles. The maximum absolute atomic E-state index is 13.4. The summed E-state index contributed by atoms with van der Waals surface area (Å²) >= 11 is 0. The van der Waals surface area contributed by atoms with E-state index < -0.39 is 17.4 Å². The maximum Gasteiger partial charge on any atom is 0.266 e. The van der Waals surface area contributed by atoms with Gasteiger partial charge in [0.15, 0.2) is 0 Å². The number of ether oxygens (including phenoxy) is 1. The Morgan fingerprint density at radius 2 is 1.84 bits per heavy atom. The van der Waals surface area contributed by atoms with E-state index in [1.165, 1.54) is 0 Å². The number of amides is 2. The van der Waals surface area contributed by atoms with E-state index >= 15 is 0 Å². The van der Waals surface area contributed by atoms with Crippen molar-refractivity contribution < 1.29 is 19.5 Å². The third kappa shape index (κ3) is 5.10. The summed E-state index contributed by atoms with van der Waals surface area (Å²) in [4.78, 5) is 31.6. The Kier molecular flexibility index (Phi) is 7.19. The van der Waals surface area contributed by atoms with Crippen molar-refractivity contribution in [1.29, 1.82) is 0 Å². The van der Waals surface area contributed by atoms with Crippen LogP contribution in [-0.2, 0) is 21.6 Å². The zero-order valence-corrected chi connectivity index (χ0v) is 19.5. The summed E-state index contributed by atoms with van der Waals surface area (Å²) in [6, 6.07) is 10.9. The Morgan fingerprint density at radius 3 is 2.41 bits per heavy atom. The first-order valence-corrected chi connectivity index (χ1v) is 11.1. The van der Waals surface area contributed by atoms with Gasteiger partial charge in [-0.15, -0.1) is 0 Å². The summed E-state index contributed by atoms with van der Waals surface area (Å²) in [5, 5.41) is 9.15. The van der Waals surface area contributed by atoms with Crippen LogP contribution in [-0.4, -0.2) is 39.5 Å². The molecule has 1 aromatic heterocycles. The molecule has 0 spiro atoms. The minimum Gasteiger partial charge on any atom is -0.489 e. The molecule has 3 rings (SSSR count). The van der Waals surface area contributed by atoms with Crippen LogP contribution in [0.4, 0.5) is 0 Å². The number of carbonyl (C=O) groups excluding carboxylic acids is 2. The molecule has 1 aromatic carbocycles. The van der Waals surface area contributed by atoms with Gasteiger partial charge in [-0.25, -0.2) is 5.48 Å². The highest BCUT2D eigenvalue weighted by Gasteiger charge is 2.47. The number of aromatic nitrogens is 1. The number of benzene rings is 1. The lowest BCUT2D eigenvalue weighted by atomic mass is 9.81.